The lowest BCUT2D eigenvalue weighted by atomic mass is 10.1. The van der Waals surface area contributed by atoms with E-state index in [1.54, 1.807) is 6.07 Å². The maximum absolute atomic E-state index is 10.3. The van der Waals surface area contributed by atoms with Gasteiger partial charge in [0.1, 0.15) is 12.0 Å². The van der Waals surface area contributed by atoms with Gasteiger partial charge in [-0.15, -0.1) is 0 Å². The zero-order chi connectivity index (χ0) is 10.8. The number of hydrogen-bond donors (Lipinski definition) is 1. The summed E-state index contributed by atoms with van der Waals surface area (Å²) in [5.41, 5.74) is -0.0900. The van der Waals surface area contributed by atoms with Crippen molar-refractivity contribution < 1.29 is 4.92 Å². The third-order valence-corrected chi connectivity index (χ3v) is 1.46. The van der Waals surface area contributed by atoms with Crippen molar-refractivity contribution in [1.29, 1.82) is 0 Å². The number of hydrogen-bond acceptors (Lipinski definition) is 4. The Labute approximate surface area is 82.3 Å². The summed E-state index contributed by atoms with van der Waals surface area (Å²) in [5, 5.41) is 13.5. The molecule has 1 heterocycles. The van der Waals surface area contributed by atoms with Crippen LogP contribution < -0.4 is 5.32 Å². The number of rotatable bonds is 2. The van der Waals surface area contributed by atoms with E-state index in [1.807, 2.05) is 20.8 Å². The summed E-state index contributed by atoms with van der Waals surface area (Å²) in [5.74, 6) is 0.642. The fourth-order valence-electron chi connectivity index (χ4n) is 0.952. The van der Waals surface area contributed by atoms with E-state index in [0.29, 0.717) is 5.82 Å². The van der Waals surface area contributed by atoms with Crippen LogP contribution in [-0.2, 0) is 0 Å². The normalized spacial score (nSPS) is 11.1. The van der Waals surface area contributed by atoms with Crippen LogP contribution in [0.3, 0.4) is 0 Å². The average molecular weight is 195 g/mol. The number of anilines is 1. The van der Waals surface area contributed by atoms with Crippen molar-refractivity contribution in [1.82, 2.24) is 4.98 Å². The van der Waals surface area contributed by atoms with Crippen LogP contribution >= 0.6 is 0 Å². The smallest absolute Gasteiger partial charge is 0.287 e. The molecule has 0 aliphatic heterocycles. The average Bonchev–Trinajstić information content (AvgIpc) is 2.02. The van der Waals surface area contributed by atoms with Gasteiger partial charge in [-0.3, -0.25) is 10.1 Å². The highest BCUT2D eigenvalue weighted by molar-refractivity contribution is 5.41. The molecule has 0 aromatic carbocycles. The Balaban J connectivity index is 2.79. The fourth-order valence-corrected chi connectivity index (χ4v) is 0.952. The van der Waals surface area contributed by atoms with Crippen LogP contribution in [0.4, 0.5) is 11.5 Å². The molecule has 76 valence electrons. The fraction of sp³-hybridized carbons (Fsp3) is 0.444. The number of nitrogens with one attached hydrogen (secondary N) is 1. The molecular formula is C9H13N3O2. The molecule has 0 fully saturated rings. The Morgan fingerprint density at radius 3 is 2.43 bits per heavy atom. The van der Waals surface area contributed by atoms with Gasteiger partial charge in [0.15, 0.2) is 0 Å². The predicted octanol–water partition coefficient (Wildman–Crippen LogP) is 2.20. The van der Waals surface area contributed by atoms with E-state index in [0.717, 1.165) is 0 Å². The second kappa shape index (κ2) is 3.61. The van der Waals surface area contributed by atoms with E-state index >= 15 is 0 Å². The van der Waals surface area contributed by atoms with Crippen molar-refractivity contribution >= 4 is 11.5 Å². The molecule has 0 aliphatic carbocycles. The molecule has 0 bridgehead atoms. The van der Waals surface area contributed by atoms with E-state index in [-0.39, 0.29) is 11.2 Å². The largest absolute Gasteiger partial charge is 0.365 e. The van der Waals surface area contributed by atoms with Crippen molar-refractivity contribution in [2.24, 2.45) is 0 Å². The molecule has 0 amide bonds. The van der Waals surface area contributed by atoms with Gasteiger partial charge in [-0.05, 0) is 26.8 Å². The summed E-state index contributed by atoms with van der Waals surface area (Å²) in [4.78, 5) is 13.8. The Morgan fingerprint density at radius 2 is 2.07 bits per heavy atom. The first-order valence-corrected chi connectivity index (χ1v) is 4.27. The molecular weight excluding hydrogens is 182 g/mol. The van der Waals surface area contributed by atoms with Crippen LogP contribution in [0.1, 0.15) is 20.8 Å². The van der Waals surface area contributed by atoms with Gasteiger partial charge in [-0.1, -0.05) is 0 Å². The van der Waals surface area contributed by atoms with Crippen LogP contribution in [0.5, 0.6) is 0 Å². The summed E-state index contributed by atoms with van der Waals surface area (Å²) < 4.78 is 0. The summed E-state index contributed by atoms with van der Waals surface area (Å²) >= 11 is 0. The minimum Gasteiger partial charge on any atom is -0.365 e. The Kier molecular flexibility index (Phi) is 2.69. The van der Waals surface area contributed by atoms with E-state index in [1.165, 1.54) is 12.3 Å². The molecule has 1 N–H and O–H groups in total. The molecule has 0 spiro atoms. The van der Waals surface area contributed by atoms with Gasteiger partial charge in [0, 0.05) is 11.6 Å². The van der Waals surface area contributed by atoms with Gasteiger partial charge in [-0.25, -0.2) is 4.98 Å². The first-order chi connectivity index (χ1) is 6.38. The van der Waals surface area contributed by atoms with Crippen LogP contribution in [0.15, 0.2) is 18.3 Å². The van der Waals surface area contributed by atoms with E-state index in [9.17, 15) is 10.1 Å². The maximum Gasteiger partial charge on any atom is 0.287 e. The van der Waals surface area contributed by atoms with Crippen molar-refractivity contribution in [3.8, 4) is 0 Å². The van der Waals surface area contributed by atoms with Gasteiger partial charge in [0.05, 0.1) is 4.92 Å². The number of nitro groups is 1. The van der Waals surface area contributed by atoms with Crippen LogP contribution in [-0.4, -0.2) is 15.4 Å². The van der Waals surface area contributed by atoms with Gasteiger partial charge < -0.3 is 5.32 Å². The molecule has 14 heavy (non-hydrogen) atoms. The molecule has 0 unspecified atom stereocenters. The number of pyridine rings is 1. The minimum atomic E-state index is -0.464. The highest BCUT2D eigenvalue weighted by Gasteiger charge is 2.11. The van der Waals surface area contributed by atoms with Crippen molar-refractivity contribution in [3.63, 3.8) is 0 Å². The van der Waals surface area contributed by atoms with Crippen molar-refractivity contribution in [2.45, 2.75) is 26.3 Å². The predicted molar refractivity (Wildman–Crippen MR) is 54.3 cm³/mol. The molecule has 5 nitrogen and oxygen atoms in total. The first-order valence-electron chi connectivity index (χ1n) is 4.27. The van der Waals surface area contributed by atoms with Crippen molar-refractivity contribution in [2.75, 3.05) is 5.32 Å². The van der Waals surface area contributed by atoms with E-state index in [4.69, 9.17) is 0 Å². The molecule has 0 radical (unpaired) electrons. The topological polar surface area (TPSA) is 68.1 Å². The Morgan fingerprint density at radius 1 is 1.43 bits per heavy atom. The van der Waals surface area contributed by atoms with Gasteiger partial charge in [0.2, 0.25) is 0 Å². The monoisotopic (exact) mass is 195 g/mol. The number of aromatic nitrogens is 1. The Bertz CT molecular complexity index is 327. The molecule has 5 heteroatoms. The summed E-state index contributed by atoms with van der Waals surface area (Å²) in [6.45, 7) is 5.99. The van der Waals surface area contributed by atoms with Gasteiger partial charge in [-0.2, -0.15) is 0 Å². The molecule has 0 aliphatic rings. The van der Waals surface area contributed by atoms with Gasteiger partial charge in [0.25, 0.3) is 5.69 Å². The zero-order valence-corrected chi connectivity index (χ0v) is 8.44. The minimum absolute atomic E-state index is 0.00413. The lowest BCUT2D eigenvalue weighted by molar-refractivity contribution is -0.385. The Hall–Kier alpha value is -1.65. The lowest BCUT2D eigenvalue weighted by Gasteiger charge is -2.20. The summed E-state index contributed by atoms with van der Waals surface area (Å²) in [6.07, 6.45) is 1.24. The summed E-state index contributed by atoms with van der Waals surface area (Å²) in [7, 11) is 0. The second-order valence-electron chi connectivity index (χ2n) is 4.03. The molecule has 1 aromatic heterocycles. The van der Waals surface area contributed by atoms with Crippen LogP contribution in [0.2, 0.25) is 0 Å². The zero-order valence-electron chi connectivity index (χ0n) is 8.44. The van der Waals surface area contributed by atoms with E-state index in [2.05, 4.69) is 10.3 Å². The standard InChI is InChI=1S/C9H13N3O2/c1-9(2,3)11-8-5-4-7(6-10-8)12(13)14/h4-6H,1-3H3,(H,10,11). The second-order valence-corrected chi connectivity index (χ2v) is 4.03. The molecule has 0 saturated heterocycles. The third kappa shape index (κ3) is 3.01. The SMILES string of the molecule is CC(C)(C)Nc1ccc([N+](=O)[O-])cn1. The highest BCUT2D eigenvalue weighted by atomic mass is 16.6. The molecule has 0 saturated carbocycles. The van der Waals surface area contributed by atoms with E-state index < -0.39 is 4.92 Å². The quantitative estimate of drug-likeness (QED) is 0.580. The summed E-state index contributed by atoms with van der Waals surface area (Å²) in [6, 6.07) is 3.03. The molecule has 0 atom stereocenters. The first kappa shape index (κ1) is 10.4. The lowest BCUT2D eigenvalue weighted by Crippen LogP contribution is -2.26. The van der Waals surface area contributed by atoms with Gasteiger partial charge >= 0.3 is 0 Å². The number of nitrogens with zero attached hydrogens (tertiary/aromatic N) is 2. The maximum atomic E-state index is 10.3. The van der Waals surface area contributed by atoms with Crippen molar-refractivity contribution in [3.05, 3.63) is 28.4 Å². The molecule has 1 aromatic rings. The van der Waals surface area contributed by atoms with Crippen LogP contribution in [0, 0.1) is 10.1 Å². The third-order valence-electron chi connectivity index (χ3n) is 1.46. The van der Waals surface area contributed by atoms with Crippen LogP contribution in [0.25, 0.3) is 0 Å². The highest BCUT2D eigenvalue weighted by Crippen LogP contribution is 2.15. The molecule has 1 rings (SSSR count).